The number of methoxy groups -OCH3 is 1. The molecule has 0 radical (unpaired) electrons. The minimum atomic E-state index is -0.575. The zero-order chi connectivity index (χ0) is 27.3. The lowest BCUT2D eigenvalue weighted by Crippen LogP contribution is -2.48. The van der Waals surface area contributed by atoms with Gasteiger partial charge in [-0.05, 0) is 69.5 Å². The number of aromatic nitrogens is 1. The van der Waals surface area contributed by atoms with Crippen molar-refractivity contribution in [1.29, 1.82) is 0 Å². The number of benzene rings is 1. The van der Waals surface area contributed by atoms with Crippen LogP contribution in [0.2, 0.25) is 0 Å². The van der Waals surface area contributed by atoms with Gasteiger partial charge in [0.1, 0.15) is 17.5 Å². The van der Waals surface area contributed by atoms with Gasteiger partial charge in [-0.3, -0.25) is 4.90 Å². The summed E-state index contributed by atoms with van der Waals surface area (Å²) in [6.07, 6.45) is 2.55. The zero-order valence-electron chi connectivity index (χ0n) is 22.3. The van der Waals surface area contributed by atoms with Gasteiger partial charge in [-0.15, -0.1) is 4.58 Å². The van der Waals surface area contributed by atoms with E-state index in [0.717, 1.165) is 21.3 Å². The Bertz CT molecular complexity index is 1220. The third-order valence-corrected chi connectivity index (χ3v) is 6.80. The highest BCUT2D eigenvalue weighted by Gasteiger charge is 2.34. The van der Waals surface area contributed by atoms with Crippen LogP contribution in [0, 0.1) is 13.8 Å². The van der Waals surface area contributed by atoms with Crippen molar-refractivity contribution in [3.05, 3.63) is 70.0 Å². The van der Waals surface area contributed by atoms with E-state index in [1.54, 1.807) is 29.8 Å². The number of hydrogen-bond acceptors (Lipinski definition) is 7. The molecule has 1 atom stereocenters. The second kappa shape index (κ2) is 12.0. The zero-order valence-corrected chi connectivity index (χ0v) is 23.9. The number of ether oxygens (including phenoxy) is 3. The molecule has 1 aromatic heterocycles. The third kappa shape index (κ3) is 7.49. The Hall–Kier alpha value is -3.04. The van der Waals surface area contributed by atoms with Crippen molar-refractivity contribution in [2.45, 2.75) is 46.3 Å². The van der Waals surface area contributed by atoms with Crippen molar-refractivity contribution in [2.24, 2.45) is 0 Å². The fourth-order valence-corrected chi connectivity index (χ4v) is 4.28. The maximum absolute atomic E-state index is 12.7. The van der Waals surface area contributed by atoms with Crippen LogP contribution in [0.4, 0.5) is 4.79 Å². The van der Waals surface area contributed by atoms with Gasteiger partial charge in [0.05, 0.1) is 26.4 Å². The second-order valence-corrected chi connectivity index (χ2v) is 10.9. The van der Waals surface area contributed by atoms with Crippen LogP contribution < -0.4 is 4.74 Å². The lowest BCUT2D eigenvalue weighted by Gasteiger charge is -2.30. The summed E-state index contributed by atoms with van der Waals surface area (Å²) in [4.78, 5) is 31.2. The molecule has 2 aromatic rings. The molecular weight excluding hydrogens is 538 g/mol. The van der Waals surface area contributed by atoms with Crippen molar-refractivity contribution in [2.75, 3.05) is 33.3 Å². The van der Waals surface area contributed by atoms with Gasteiger partial charge in [0.15, 0.2) is 12.2 Å². The average molecular weight is 574 g/mol. The number of esters is 1. The van der Waals surface area contributed by atoms with Gasteiger partial charge in [-0.25, -0.2) is 9.78 Å². The molecule has 1 amide bonds. The van der Waals surface area contributed by atoms with Crippen LogP contribution in [-0.2, 0) is 9.47 Å². The number of hydrogen-bond donors (Lipinski definition) is 0. The van der Waals surface area contributed by atoms with E-state index in [4.69, 9.17) is 14.2 Å². The first-order chi connectivity index (χ1) is 17.4. The van der Waals surface area contributed by atoms with E-state index in [-0.39, 0.29) is 17.9 Å². The molecule has 0 spiro atoms. The summed E-state index contributed by atoms with van der Waals surface area (Å²) >= 11 is 3.57. The number of halogens is 1. The number of amides is 1. The van der Waals surface area contributed by atoms with Gasteiger partial charge >= 0.3 is 12.1 Å². The van der Waals surface area contributed by atoms with Crippen LogP contribution in [0.15, 0.2) is 47.6 Å². The standard InChI is InChI=1S/C28H35BrN3O5/c1-8-21-16-31(11-12-32(21)27(34)37-28(4,5)6)17-24(20-9-10-23(29)18(2)13-20)36-22-14-19(3)25(30-15-22)26(33)35-7/h8-10,13-15,24H,1,11-12,16-17H2,2-7H3/q+1. The maximum Gasteiger partial charge on any atom is 0.597 e. The Morgan fingerprint density at radius 2 is 1.97 bits per heavy atom. The Morgan fingerprint density at radius 1 is 1.24 bits per heavy atom. The number of carbonyl (C=O) groups is 2. The molecule has 1 aromatic carbocycles. The van der Waals surface area contributed by atoms with Gasteiger partial charge < -0.3 is 14.2 Å². The molecule has 0 fully saturated rings. The van der Waals surface area contributed by atoms with Crippen LogP contribution in [-0.4, -0.2) is 71.1 Å². The van der Waals surface area contributed by atoms with Crippen LogP contribution in [0.5, 0.6) is 5.75 Å². The molecule has 1 aliphatic heterocycles. The summed E-state index contributed by atoms with van der Waals surface area (Å²) in [5.41, 5.74) is 3.23. The summed E-state index contributed by atoms with van der Waals surface area (Å²) in [6.45, 7) is 15.5. The summed E-state index contributed by atoms with van der Waals surface area (Å²) < 4.78 is 19.5. The molecule has 2 heterocycles. The molecule has 1 aliphatic rings. The Labute approximate surface area is 227 Å². The van der Waals surface area contributed by atoms with Crippen molar-refractivity contribution in [3.8, 4) is 5.75 Å². The summed E-state index contributed by atoms with van der Waals surface area (Å²) in [5.74, 6) is 0.0653. The Morgan fingerprint density at radius 3 is 2.57 bits per heavy atom. The molecule has 0 saturated heterocycles. The molecular formula is C28H35BrN3O5+. The summed E-state index contributed by atoms with van der Waals surface area (Å²) in [5, 5.41) is 0. The Balaban J connectivity index is 1.86. The van der Waals surface area contributed by atoms with E-state index in [2.05, 4.69) is 38.5 Å². The van der Waals surface area contributed by atoms with Crippen molar-refractivity contribution >= 4 is 33.7 Å². The SMILES string of the molecule is C=CC1=[N+](C(=O)OC(C)(C)C)CCN(CC(Oc2cnc(C(=O)OC)c(C)c2)c2ccc(Br)c(C)c2)C1. The second-order valence-electron chi connectivity index (χ2n) is 10.0. The van der Waals surface area contributed by atoms with Gasteiger partial charge in [0, 0.05) is 11.0 Å². The van der Waals surface area contributed by atoms with Crippen LogP contribution in [0.3, 0.4) is 0 Å². The molecule has 8 nitrogen and oxygen atoms in total. The van der Waals surface area contributed by atoms with Crippen molar-refractivity contribution < 1.29 is 28.4 Å². The highest BCUT2D eigenvalue weighted by atomic mass is 79.9. The first-order valence-corrected chi connectivity index (χ1v) is 12.9. The molecule has 3 rings (SSSR count). The number of aryl methyl sites for hydroxylation is 2. The summed E-state index contributed by atoms with van der Waals surface area (Å²) in [7, 11) is 1.33. The molecule has 198 valence electrons. The largest absolute Gasteiger partial charge is 0.597 e. The lowest BCUT2D eigenvalue weighted by molar-refractivity contribution is -0.457. The van der Waals surface area contributed by atoms with E-state index in [0.29, 0.717) is 37.5 Å². The molecule has 9 heteroatoms. The predicted octanol–water partition coefficient (Wildman–Crippen LogP) is 5.26. The highest BCUT2D eigenvalue weighted by molar-refractivity contribution is 9.10. The predicted molar refractivity (Wildman–Crippen MR) is 146 cm³/mol. The minimum Gasteiger partial charge on any atom is -0.483 e. The van der Waals surface area contributed by atoms with Crippen LogP contribution in [0.25, 0.3) is 0 Å². The maximum atomic E-state index is 12.7. The van der Waals surface area contributed by atoms with Crippen LogP contribution in [0.1, 0.15) is 54.1 Å². The van der Waals surface area contributed by atoms with Crippen molar-refractivity contribution in [3.63, 3.8) is 0 Å². The quantitative estimate of drug-likeness (QED) is 0.330. The monoisotopic (exact) mass is 572 g/mol. The smallest absolute Gasteiger partial charge is 0.483 e. The highest BCUT2D eigenvalue weighted by Crippen LogP contribution is 2.28. The molecule has 1 unspecified atom stereocenters. The first-order valence-electron chi connectivity index (χ1n) is 12.1. The van der Waals surface area contributed by atoms with E-state index < -0.39 is 11.6 Å². The number of rotatable bonds is 7. The fraction of sp³-hybridized carbons (Fsp3) is 0.429. The van der Waals surface area contributed by atoms with Crippen LogP contribution >= 0.6 is 15.9 Å². The molecule has 37 heavy (non-hydrogen) atoms. The molecule has 0 saturated carbocycles. The van der Waals surface area contributed by atoms with E-state index >= 15 is 0 Å². The third-order valence-electron chi connectivity index (χ3n) is 5.91. The van der Waals surface area contributed by atoms with Gasteiger partial charge in [-0.1, -0.05) is 34.6 Å². The lowest BCUT2D eigenvalue weighted by atomic mass is 10.1. The number of nitrogens with zero attached hydrogens (tertiary/aromatic N) is 3. The fourth-order valence-electron chi connectivity index (χ4n) is 4.04. The van der Waals surface area contributed by atoms with Gasteiger partial charge in [0.25, 0.3) is 0 Å². The summed E-state index contributed by atoms with van der Waals surface area (Å²) in [6, 6.07) is 7.92. The van der Waals surface area contributed by atoms with Gasteiger partial charge in [0.2, 0.25) is 5.71 Å². The van der Waals surface area contributed by atoms with Gasteiger partial charge in [-0.2, -0.15) is 4.79 Å². The van der Waals surface area contributed by atoms with Crippen molar-refractivity contribution in [1.82, 2.24) is 9.88 Å². The number of pyridine rings is 1. The van der Waals surface area contributed by atoms with E-state index in [9.17, 15) is 9.59 Å². The van der Waals surface area contributed by atoms with E-state index in [1.807, 2.05) is 39.8 Å². The van der Waals surface area contributed by atoms with E-state index in [1.165, 1.54) is 7.11 Å². The Kier molecular flexibility index (Phi) is 9.26. The minimum absolute atomic E-state index is 0.259. The molecule has 0 bridgehead atoms. The molecule has 0 N–H and O–H groups in total. The number of carbonyl (C=O) groups excluding carboxylic acids is 2. The normalized spacial score (nSPS) is 15.2. The molecule has 0 aliphatic carbocycles. The average Bonchev–Trinajstić information content (AvgIpc) is 2.83. The topological polar surface area (TPSA) is 81.0 Å². The first kappa shape index (κ1) is 28.5.